The van der Waals surface area contributed by atoms with Crippen LogP contribution in [0.4, 0.5) is 0 Å². The lowest BCUT2D eigenvalue weighted by Gasteiger charge is -2.46. The molecule has 0 aromatic rings. The van der Waals surface area contributed by atoms with Crippen LogP contribution in [0, 0.1) is 11.8 Å². The van der Waals surface area contributed by atoms with E-state index in [1.807, 2.05) is 19.1 Å². The van der Waals surface area contributed by atoms with Crippen molar-refractivity contribution in [1.82, 2.24) is 10.4 Å². The van der Waals surface area contributed by atoms with Gasteiger partial charge in [-0.2, -0.15) is 0 Å². The average Bonchev–Trinajstić information content (AvgIpc) is 2.10. The smallest absolute Gasteiger partial charge is 0.0475 e. The molecular formula is C11H25N3. The number of rotatable bonds is 3. The van der Waals surface area contributed by atoms with E-state index in [9.17, 15) is 0 Å². The van der Waals surface area contributed by atoms with E-state index in [0.29, 0.717) is 5.92 Å². The zero-order valence-electron chi connectivity index (χ0n) is 10.0. The minimum atomic E-state index is 0.126. The first-order valence-electron chi connectivity index (χ1n) is 5.65. The Morgan fingerprint density at radius 2 is 2.00 bits per heavy atom. The van der Waals surface area contributed by atoms with Crippen LogP contribution in [0.2, 0.25) is 0 Å². The molecule has 0 saturated heterocycles. The first-order chi connectivity index (χ1) is 6.50. The molecule has 3 nitrogen and oxygen atoms in total. The normalized spacial score (nSPS) is 39.0. The molecule has 3 atom stereocenters. The standard InChI is InChI=1S/C11H25N3/c1-9-5-6-10(2)11(7-9,8-12)13-14(3)4/h9-10,13H,5-8,12H2,1-4H3. The minimum absolute atomic E-state index is 0.126. The molecule has 0 aromatic heterocycles. The Morgan fingerprint density at radius 1 is 1.36 bits per heavy atom. The number of nitrogens with two attached hydrogens (primary N) is 1. The fraction of sp³-hybridized carbons (Fsp3) is 1.00. The van der Waals surface area contributed by atoms with E-state index >= 15 is 0 Å². The number of hydrazine groups is 1. The molecule has 1 aliphatic rings. The van der Waals surface area contributed by atoms with Crippen LogP contribution in [0.15, 0.2) is 0 Å². The molecule has 0 amide bonds. The molecule has 0 spiro atoms. The molecule has 1 saturated carbocycles. The van der Waals surface area contributed by atoms with Gasteiger partial charge in [-0.05, 0) is 24.7 Å². The molecule has 0 aromatic carbocycles. The van der Waals surface area contributed by atoms with Crippen molar-refractivity contribution in [2.45, 2.75) is 38.6 Å². The summed E-state index contributed by atoms with van der Waals surface area (Å²) >= 11 is 0. The predicted octanol–water partition coefficient (Wildman–Crippen LogP) is 1.21. The second kappa shape index (κ2) is 4.60. The Bertz CT molecular complexity index is 177. The number of nitrogens with zero attached hydrogens (tertiary/aromatic N) is 1. The Balaban J connectivity index is 2.72. The first kappa shape index (κ1) is 12.0. The predicted molar refractivity (Wildman–Crippen MR) is 60.8 cm³/mol. The van der Waals surface area contributed by atoms with Crippen LogP contribution in [-0.2, 0) is 0 Å². The highest BCUT2D eigenvalue weighted by molar-refractivity contribution is 4.97. The van der Waals surface area contributed by atoms with Gasteiger partial charge in [-0.3, -0.25) is 5.01 Å². The average molecular weight is 199 g/mol. The van der Waals surface area contributed by atoms with Crippen LogP contribution in [0.25, 0.3) is 0 Å². The van der Waals surface area contributed by atoms with Crippen molar-refractivity contribution < 1.29 is 0 Å². The molecule has 0 aliphatic heterocycles. The fourth-order valence-electron chi connectivity index (χ4n) is 2.67. The Labute approximate surface area is 88.0 Å². The van der Waals surface area contributed by atoms with Crippen molar-refractivity contribution in [2.24, 2.45) is 17.6 Å². The summed E-state index contributed by atoms with van der Waals surface area (Å²) in [7, 11) is 4.09. The quantitative estimate of drug-likeness (QED) is 0.671. The van der Waals surface area contributed by atoms with Crippen LogP contribution in [-0.4, -0.2) is 31.2 Å². The zero-order valence-corrected chi connectivity index (χ0v) is 10.0. The molecule has 3 N–H and O–H groups in total. The summed E-state index contributed by atoms with van der Waals surface area (Å²) in [4.78, 5) is 0. The molecule has 3 unspecified atom stereocenters. The van der Waals surface area contributed by atoms with E-state index in [1.54, 1.807) is 0 Å². The largest absolute Gasteiger partial charge is 0.329 e. The molecule has 3 heteroatoms. The Kier molecular flexibility index (Phi) is 3.93. The van der Waals surface area contributed by atoms with Gasteiger partial charge in [0, 0.05) is 26.2 Å². The van der Waals surface area contributed by atoms with Crippen LogP contribution in [0.5, 0.6) is 0 Å². The first-order valence-corrected chi connectivity index (χ1v) is 5.65. The van der Waals surface area contributed by atoms with Crippen LogP contribution in [0.1, 0.15) is 33.1 Å². The number of hydrogen-bond acceptors (Lipinski definition) is 3. The third kappa shape index (κ3) is 2.47. The molecule has 0 bridgehead atoms. The zero-order chi connectivity index (χ0) is 10.8. The minimum Gasteiger partial charge on any atom is -0.329 e. The van der Waals surface area contributed by atoms with Crippen LogP contribution < -0.4 is 11.2 Å². The molecule has 14 heavy (non-hydrogen) atoms. The SMILES string of the molecule is CC1CCC(C)C(CN)(NN(C)C)C1. The van der Waals surface area contributed by atoms with Gasteiger partial charge in [-0.1, -0.05) is 20.3 Å². The maximum absolute atomic E-state index is 5.95. The van der Waals surface area contributed by atoms with E-state index in [4.69, 9.17) is 5.73 Å². The fourth-order valence-corrected chi connectivity index (χ4v) is 2.67. The van der Waals surface area contributed by atoms with E-state index in [2.05, 4.69) is 19.3 Å². The highest BCUT2D eigenvalue weighted by Gasteiger charge is 2.39. The number of nitrogens with one attached hydrogen (secondary N) is 1. The number of hydrogen-bond donors (Lipinski definition) is 2. The molecule has 1 aliphatic carbocycles. The molecular weight excluding hydrogens is 174 g/mol. The lowest BCUT2D eigenvalue weighted by Crippen LogP contribution is -2.62. The van der Waals surface area contributed by atoms with Gasteiger partial charge in [0.1, 0.15) is 0 Å². The lowest BCUT2D eigenvalue weighted by atomic mass is 9.70. The molecule has 1 fully saturated rings. The van der Waals surface area contributed by atoms with Gasteiger partial charge >= 0.3 is 0 Å². The van der Waals surface area contributed by atoms with E-state index in [1.165, 1.54) is 19.3 Å². The van der Waals surface area contributed by atoms with Crippen molar-refractivity contribution in [3.05, 3.63) is 0 Å². The molecule has 0 heterocycles. The lowest BCUT2D eigenvalue weighted by molar-refractivity contribution is 0.0564. The summed E-state index contributed by atoms with van der Waals surface area (Å²) in [6.07, 6.45) is 3.83. The van der Waals surface area contributed by atoms with Gasteiger partial charge in [-0.15, -0.1) is 0 Å². The summed E-state index contributed by atoms with van der Waals surface area (Å²) in [5.41, 5.74) is 9.61. The third-order valence-electron chi connectivity index (χ3n) is 3.56. The molecule has 0 radical (unpaired) electrons. The van der Waals surface area contributed by atoms with E-state index in [0.717, 1.165) is 12.5 Å². The Morgan fingerprint density at radius 3 is 2.50 bits per heavy atom. The highest BCUT2D eigenvalue weighted by Crippen LogP contribution is 2.36. The van der Waals surface area contributed by atoms with Crippen molar-refractivity contribution in [3.63, 3.8) is 0 Å². The Hall–Kier alpha value is -0.120. The summed E-state index contributed by atoms with van der Waals surface area (Å²) < 4.78 is 0. The van der Waals surface area contributed by atoms with Crippen molar-refractivity contribution in [2.75, 3.05) is 20.6 Å². The van der Waals surface area contributed by atoms with Gasteiger partial charge in [0.25, 0.3) is 0 Å². The second-order valence-corrected chi connectivity index (χ2v) is 5.15. The molecule has 1 rings (SSSR count). The highest BCUT2D eigenvalue weighted by atomic mass is 15.5. The monoisotopic (exact) mass is 199 g/mol. The second-order valence-electron chi connectivity index (χ2n) is 5.15. The van der Waals surface area contributed by atoms with Crippen LogP contribution in [0.3, 0.4) is 0 Å². The van der Waals surface area contributed by atoms with Gasteiger partial charge in [0.05, 0.1) is 0 Å². The maximum atomic E-state index is 5.95. The summed E-state index contributed by atoms with van der Waals surface area (Å²) in [5, 5.41) is 2.04. The van der Waals surface area contributed by atoms with Crippen molar-refractivity contribution >= 4 is 0 Å². The van der Waals surface area contributed by atoms with Gasteiger partial charge in [0.15, 0.2) is 0 Å². The van der Waals surface area contributed by atoms with E-state index in [-0.39, 0.29) is 5.54 Å². The maximum Gasteiger partial charge on any atom is 0.0475 e. The topological polar surface area (TPSA) is 41.3 Å². The van der Waals surface area contributed by atoms with Gasteiger partial charge in [0.2, 0.25) is 0 Å². The van der Waals surface area contributed by atoms with Crippen LogP contribution >= 0.6 is 0 Å². The molecule has 84 valence electrons. The van der Waals surface area contributed by atoms with Gasteiger partial charge < -0.3 is 5.73 Å². The van der Waals surface area contributed by atoms with Gasteiger partial charge in [-0.25, -0.2) is 5.43 Å². The summed E-state index contributed by atoms with van der Waals surface area (Å²) in [6, 6.07) is 0. The van der Waals surface area contributed by atoms with E-state index < -0.39 is 0 Å². The third-order valence-corrected chi connectivity index (χ3v) is 3.56. The summed E-state index contributed by atoms with van der Waals surface area (Å²) in [6.45, 7) is 5.37. The van der Waals surface area contributed by atoms with Crippen molar-refractivity contribution in [3.8, 4) is 0 Å². The summed E-state index contributed by atoms with van der Waals surface area (Å²) in [5.74, 6) is 1.47. The van der Waals surface area contributed by atoms with Crippen molar-refractivity contribution in [1.29, 1.82) is 0 Å².